The molecule has 0 aliphatic carbocycles. The Morgan fingerprint density at radius 3 is 2.24 bits per heavy atom. The average molecular weight is 293 g/mol. The number of carbonyl (C=O) groups is 3. The van der Waals surface area contributed by atoms with Crippen LogP contribution >= 0.6 is 0 Å². The number of hydrogen-bond acceptors (Lipinski definition) is 5. The summed E-state index contributed by atoms with van der Waals surface area (Å²) in [6.45, 7) is 1.04. The fourth-order valence-corrected chi connectivity index (χ4v) is 1.47. The number of nitrogens with zero attached hydrogens (tertiary/aromatic N) is 1. The number of nitrogens with one attached hydrogen (secondary N) is 2. The van der Waals surface area contributed by atoms with Crippen LogP contribution in [0.2, 0.25) is 0 Å². The molecule has 0 spiro atoms. The second-order valence-electron chi connectivity index (χ2n) is 4.58. The van der Waals surface area contributed by atoms with Gasteiger partial charge in [0.15, 0.2) is 0 Å². The van der Waals surface area contributed by atoms with Crippen LogP contribution in [0.3, 0.4) is 0 Å². The molecule has 0 atom stereocenters. The van der Waals surface area contributed by atoms with Crippen molar-refractivity contribution in [2.75, 3.05) is 39.6 Å². The maximum Gasteiger partial charge on any atom is 0.337 e. The molecule has 0 saturated carbocycles. The first-order chi connectivity index (χ1) is 9.93. The molecule has 0 unspecified atom stereocenters. The summed E-state index contributed by atoms with van der Waals surface area (Å²) in [4.78, 5) is 36.3. The predicted octanol–water partition coefficient (Wildman–Crippen LogP) is 0.0895. The standard InChI is InChI=1S/C14H19N3O4/c1-17(2)9-8-15-12(18)13(19)16-11-6-4-10(5-7-11)14(20)21-3/h4-7H,8-9H2,1-3H3,(H,15,18)(H,16,19). The van der Waals surface area contributed by atoms with Gasteiger partial charge in [0.05, 0.1) is 12.7 Å². The number of likely N-dealkylation sites (N-methyl/N-ethyl adjacent to an activating group) is 1. The van der Waals surface area contributed by atoms with E-state index in [4.69, 9.17) is 0 Å². The second-order valence-corrected chi connectivity index (χ2v) is 4.58. The van der Waals surface area contributed by atoms with Gasteiger partial charge in [0, 0.05) is 18.8 Å². The Bertz CT molecular complexity index is 511. The molecule has 2 N–H and O–H groups in total. The normalized spacial score (nSPS) is 10.1. The molecular weight excluding hydrogens is 274 g/mol. The topological polar surface area (TPSA) is 87.7 Å². The van der Waals surface area contributed by atoms with Crippen LogP contribution in [0, 0.1) is 0 Å². The van der Waals surface area contributed by atoms with E-state index in [-0.39, 0.29) is 0 Å². The van der Waals surface area contributed by atoms with Crippen LogP contribution in [-0.4, -0.2) is 57.0 Å². The summed E-state index contributed by atoms with van der Waals surface area (Å²) in [6, 6.07) is 6.06. The van der Waals surface area contributed by atoms with E-state index in [9.17, 15) is 14.4 Å². The summed E-state index contributed by atoms with van der Waals surface area (Å²) in [5.41, 5.74) is 0.793. The lowest BCUT2D eigenvalue weighted by Gasteiger charge is -2.10. The van der Waals surface area contributed by atoms with Gasteiger partial charge in [-0.15, -0.1) is 0 Å². The molecular formula is C14H19N3O4. The fraction of sp³-hybridized carbons (Fsp3) is 0.357. The van der Waals surface area contributed by atoms with Gasteiger partial charge in [0.2, 0.25) is 0 Å². The third kappa shape index (κ3) is 5.62. The third-order valence-electron chi connectivity index (χ3n) is 2.61. The van der Waals surface area contributed by atoms with Gasteiger partial charge in [0.1, 0.15) is 0 Å². The van der Waals surface area contributed by atoms with E-state index in [1.165, 1.54) is 31.4 Å². The molecule has 0 fully saturated rings. The van der Waals surface area contributed by atoms with Crippen LogP contribution in [0.4, 0.5) is 5.69 Å². The lowest BCUT2D eigenvalue weighted by molar-refractivity contribution is -0.136. The van der Waals surface area contributed by atoms with Crippen LogP contribution in [0.1, 0.15) is 10.4 Å². The maximum absolute atomic E-state index is 11.6. The smallest absolute Gasteiger partial charge is 0.337 e. The summed E-state index contributed by atoms with van der Waals surface area (Å²) >= 11 is 0. The molecule has 0 radical (unpaired) electrons. The molecule has 7 nitrogen and oxygen atoms in total. The lowest BCUT2D eigenvalue weighted by atomic mass is 10.2. The number of rotatable bonds is 5. The van der Waals surface area contributed by atoms with Crippen molar-refractivity contribution < 1.29 is 19.1 Å². The predicted molar refractivity (Wildman–Crippen MR) is 78.0 cm³/mol. The minimum Gasteiger partial charge on any atom is -0.465 e. The van der Waals surface area contributed by atoms with Crippen molar-refractivity contribution in [3.63, 3.8) is 0 Å². The van der Waals surface area contributed by atoms with Gasteiger partial charge in [-0.05, 0) is 38.4 Å². The zero-order valence-corrected chi connectivity index (χ0v) is 12.3. The maximum atomic E-state index is 11.6. The number of benzene rings is 1. The molecule has 1 aromatic carbocycles. The summed E-state index contributed by atoms with van der Waals surface area (Å²) in [6.07, 6.45) is 0. The highest BCUT2D eigenvalue weighted by Crippen LogP contribution is 2.10. The number of methoxy groups -OCH3 is 1. The van der Waals surface area contributed by atoms with E-state index < -0.39 is 17.8 Å². The van der Waals surface area contributed by atoms with E-state index in [2.05, 4.69) is 15.4 Å². The van der Waals surface area contributed by atoms with Gasteiger partial charge in [-0.1, -0.05) is 0 Å². The van der Waals surface area contributed by atoms with Crippen molar-refractivity contribution in [2.45, 2.75) is 0 Å². The molecule has 21 heavy (non-hydrogen) atoms. The lowest BCUT2D eigenvalue weighted by Crippen LogP contribution is -2.38. The van der Waals surface area contributed by atoms with Crippen molar-refractivity contribution in [2.24, 2.45) is 0 Å². The van der Waals surface area contributed by atoms with E-state index in [0.717, 1.165) is 0 Å². The van der Waals surface area contributed by atoms with E-state index in [1.54, 1.807) is 0 Å². The molecule has 0 bridgehead atoms. The van der Waals surface area contributed by atoms with E-state index in [1.807, 2.05) is 19.0 Å². The van der Waals surface area contributed by atoms with Crippen molar-refractivity contribution in [3.05, 3.63) is 29.8 Å². The molecule has 114 valence electrons. The molecule has 0 aliphatic heterocycles. The Labute approximate surface area is 123 Å². The average Bonchev–Trinajstić information content (AvgIpc) is 2.46. The van der Waals surface area contributed by atoms with E-state index >= 15 is 0 Å². The number of hydrogen-bond donors (Lipinski definition) is 2. The third-order valence-corrected chi connectivity index (χ3v) is 2.61. The quantitative estimate of drug-likeness (QED) is 0.593. The van der Waals surface area contributed by atoms with Gasteiger partial charge in [-0.2, -0.15) is 0 Å². The Balaban J connectivity index is 2.50. The Kier molecular flexibility index (Phi) is 6.35. The highest BCUT2D eigenvalue weighted by atomic mass is 16.5. The van der Waals surface area contributed by atoms with Gasteiger partial charge in [0.25, 0.3) is 0 Å². The molecule has 0 heterocycles. The zero-order valence-electron chi connectivity index (χ0n) is 12.3. The summed E-state index contributed by atoms with van der Waals surface area (Å²) in [7, 11) is 5.03. The van der Waals surface area contributed by atoms with Crippen molar-refractivity contribution >= 4 is 23.5 Å². The number of ether oxygens (including phenoxy) is 1. The summed E-state index contributed by atoms with van der Waals surface area (Å²) in [5.74, 6) is -1.91. The van der Waals surface area contributed by atoms with E-state index in [0.29, 0.717) is 24.3 Å². The first kappa shape index (κ1) is 16.6. The monoisotopic (exact) mass is 293 g/mol. The minimum atomic E-state index is -0.750. The fourth-order valence-electron chi connectivity index (χ4n) is 1.47. The highest BCUT2D eigenvalue weighted by Gasteiger charge is 2.13. The van der Waals surface area contributed by atoms with Crippen LogP contribution in [0.5, 0.6) is 0 Å². The minimum absolute atomic E-state index is 0.367. The van der Waals surface area contributed by atoms with Crippen LogP contribution in [0.15, 0.2) is 24.3 Å². The van der Waals surface area contributed by atoms with Gasteiger partial charge in [-0.25, -0.2) is 4.79 Å². The number of amides is 2. The number of carbonyl (C=O) groups excluding carboxylic acids is 3. The molecule has 7 heteroatoms. The van der Waals surface area contributed by atoms with Crippen LogP contribution < -0.4 is 10.6 Å². The molecule has 0 saturated heterocycles. The van der Waals surface area contributed by atoms with Crippen LogP contribution in [0.25, 0.3) is 0 Å². The molecule has 0 aromatic heterocycles. The second kappa shape index (κ2) is 8.01. The van der Waals surface area contributed by atoms with Crippen molar-refractivity contribution in [1.82, 2.24) is 10.2 Å². The zero-order chi connectivity index (χ0) is 15.8. The number of anilines is 1. The summed E-state index contributed by atoms with van der Waals surface area (Å²) < 4.78 is 4.56. The summed E-state index contributed by atoms with van der Waals surface area (Å²) in [5, 5.41) is 4.95. The highest BCUT2D eigenvalue weighted by molar-refractivity contribution is 6.39. The number of esters is 1. The molecule has 1 rings (SSSR count). The molecule has 2 amide bonds. The molecule has 1 aromatic rings. The Hall–Kier alpha value is -2.41. The van der Waals surface area contributed by atoms with Gasteiger partial charge < -0.3 is 20.3 Å². The first-order valence-corrected chi connectivity index (χ1v) is 6.36. The Morgan fingerprint density at radius 1 is 1.10 bits per heavy atom. The van der Waals surface area contributed by atoms with Crippen LogP contribution in [-0.2, 0) is 14.3 Å². The van der Waals surface area contributed by atoms with Crippen molar-refractivity contribution in [3.8, 4) is 0 Å². The SMILES string of the molecule is COC(=O)c1ccc(NC(=O)C(=O)NCCN(C)C)cc1. The van der Waals surface area contributed by atoms with Gasteiger partial charge in [-0.3, -0.25) is 9.59 Å². The Morgan fingerprint density at radius 2 is 1.71 bits per heavy atom. The van der Waals surface area contributed by atoms with Crippen molar-refractivity contribution in [1.29, 1.82) is 0 Å². The first-order valence-electron chi connectivity index (χ1n) is 6.36. The largest absolute Gasteiger partial charge is 0.465 e. The van der Waals surface area contributed by atoms with Gasteiger partial charge >= 0.3 is 17.8 Å². The molecule has 0 aliphatic rings.